The molecule has 0 spiro atoms. The summed E-state index contributed by atoms with van der Waals surface area (Å²) in [4.78, 5) is 28.3. The fourth-order valence-corrected chi connectivity index (χ4v) is 7.20. The number of amides is 1. The number of hydrogen-bond donors (Lipinski definition) is 2. The number of nitriles is 1. The van der Waals surface area contributed by atoms with Crippen molar-refractivity contribution in [2.45, 2.75) is 36.9 Å². The second-order valence-corrected chi connectivity index (χ2v) is 13.2. The Hall–Kier alpha value is -4.54. The van der Waals surface area contributed by atoms with Gasteiger partial charge in [-0.3, -0.25) is 14.5 Å². The molecule has 0 radical (unpaired) electrons. The van der Waals surface area contributed by atoms with Gasteiger partial charge in [0.2, 0.25) is 11.0 Å². The Morgan fingerprint density at radius 2 is 1.89 bits per heavy atom. The number of ether oxygens (including phenoxy) is 3. The summed E-state index contributed by atoms with van der Waals surface area (Å²) < 4.78 is 16.7. The number of nitrogens with one attached hydrogen (secondary N) is 1. The summed E-state index contributed by atoms with van der Waals surface area (Å²) in [6, 6.07) is 14.7. The fraction of sp³-hybridized carbons (Fsp3) is 0.323. The first-order chi connectivity index (χ1) is 21.1. The van der Waals surface area contributed by atoms with Gasteiger partial charge < -0.3 is 25.3 Å². The normalized spacial score (nSPS) is 17.6. The third-order valence-electron chi connectivity index (χ3n) is 7.43. The molecule has 2 heterocycles. The van der Waals surface area contributed by atoms with Crippen LogP contribution in [0, 0.1) is 16.7 Å². The molecule has 3 aromatic rings. The van der Waals surface area contributed by atoms with Crippen molar-refractivity contribution in [2.24, 2.45) is 11.1 Å². The van der Waals surface area contributed by atoms with E-state index in [0.29, 0.717) is 62.1 Å². The number of rotatable bonds is 9. The number of benzene rings is 2. The second kappa shape index (κ2) is 12.6. The van der Waals surface area contributed by atoms with Crippen LogP contribution in [0.1, 0.15) is 38.2 Å². The Morgan fingerprint density at radius 1 is 1.14 bits per heavy atom. The quantitative estimate of drug-likeness (QED) is 0.298. The second-order valence-electron chi connectivity index (χ2n) is 11.0. The molecule has 0 bridgehead atoms. The Balaban J connectivity index is 1.46. The van der Waals surface area contributed by atoms with E-state index in [1.807, 2.05) is 32.0 Å². The van der Waals surface area contributed by atoms with E-state index >= 15 is 0 Å². The maximum Gasteiger partial charge on any atom is 0.234 e. The number of carbonyl (C=O) groups excluding carboxylic acids is 2. The molecule has 1 aliphatic heterocycles. The SMILES string of the molecule is COc1ccc(OC)c(NC(=O)CSc2nnc(N3C(N)=C(C#N)C(c4ccccc4OC)C4=C3CC(C)(C)CC4=O)s2)c1. The summed E-state index contributed by atoms with van der Waals surface area (Å²) in [5, 5.41) is 22.3. The van der Waals surface area contributed by atoms with E-state index in [1.165, 1.54) is 30.2 Å². The first kappa shape index (κ1) is 30.9. The zero-order chi connectivity index (χ0) is 31.6. The lowest BCUT2D eigenvalue weighted by molar-refractivity contribution is -0.118. The molecule has 5 rings (SSSR count). The summed E-state index contributed by atoms with van der Waals surface area (Å²) in [5.41, 5.74) is 9.01. The van der Waals surface area contributed by atoms with Crippen molar-refractivity contribution in [2.75, 3.05) is 37.3 Å². The molecule has 2 aliphatic rings. The maximum atomic E-state index is 13.8. The van der Waals surface area contributed by atoms with E-state index in [-0.39, 0.29) is 34.3 Å². The first-order valence-corrected chi connectivity index (χ1v) is 15.5. The third kappa shape index (κ3) is 5.95. The molecule has 1 aromatic heterocycles. The Kier molecular flexibility index (Phi) is 8.85. The Labute approximate surface area is 263 Å². The Morgan fingerprint density at radius 3 is 2.59 bits per heavy atom. The van der Waals surface area contributed by atoms with Gasteiger partial charge in [-0.1, -0.05) is 55.1 Å². The summed E-state index contributed by atoms with van der Waals surface area (Å²) in [7, 11) is 4.62. The molecule has 0 saturated heterocycles. The number of carbonyl (C=O) groups is 2. The van der Waals surface area contributed by atoms with Gasteiger partial charge in [-0.15, -0.1) is 10.2 Å². The van der Waals surface area contributed by atoms with Crippen LogP contribution in [-0.2, 0) is 9.59 Å². The number of nitrogens with zero attached hydrogens (tertiary/aromatic N) is 4. The highest BCUT2D eigenvalue weighted by Crippen LogP contribution is 2.52. The van der Waals surface area contributed by atoms with Crippen LogP contribution in [0.15, 0.2) is 69.5 Å². The van der Waals surface area contributed by atoms with E-state index in [2.05, 4.69) is 21.6 Å². The van der Waals surface area contributed by atoms with E-state index in [0.717, 1.165) is 0 Å². The molecule has 228 valence electrons. The van der Waals surface area contributed by atoms with Gasteiger partial charge in [-0.05, 0) is 30.0 Å². The van der Waals surface area contributed by atoms with Crippen molar-refractivity contribution in [3.05, 3.63) is 70.7 Å². The molecule has 0 fully saturated rings. The van der Waals surface area contributed by atoms with Gasteiger partial charge in [-0.2, -0.15) is 5.26 Å². The van der Waals surface area contributed by atoms with Crippen molar-refractivity contribution in [3.63, 3.8) is 0 Å². The van der Waals surface area contributed by atoms with E-state index in [9.17, 15) is 14.9 Å². The number of para-hydroxylation sites is 1. The standard InChI is InChI=1S/C31H32N6O5S2/c1-31(2)13-21-27(22(38)14-31)26(18-8-6-7-9-23(18)41-4)19(15-32)28(33)37(21)29-35-36-30(44-29)43-16-25(39)34-20-12-17(40-3)10-11-24(20)42-5/h6-12,26H,13-14,16,33H2,1-5H3,(H,34,39). The molecule has 1 unspecified atom stereocenters. The predicted octanol–water partition coefficient (Wildman–Crippen LogP) is 5.24. The number of hydrogen-bond acceptors (Lipinski definition) is 12. The lowest BCUT2D eigenvalue weighted by atomic mass is 9.68. The van der Waals surface area contributed by atoms with E-state index < -0.39 is 5.92 Å². The van der Waals surface area contributed by atoms with E-state index in [1.54, 1.807) is 43.4 Å². The van der Waals surface area contributed by atoms with Gasteiger partial charge in [0.15, 0.2) is 10.1 Å². The monoisotopic (exact) mass is 632 g/mol. The summed E-state index contributed by atoms with van der Waals surface area (Å²) in [6.07, 6.45) is 0.861. The number of nitrogens with two attached hydrogens (primary N) is 1. The van der Waals surface area contributed by atoms with Crippen molar-refractivity contribution >= 4 is 45.6 Å². The summed E-state index contributed by atoms with van der Waals surface area (Å²) in [6.45, 7) is 4.06. The number of anilines is 2. The number of Topliss-reactive ketones (excluding diaryl/α,β-unsaturated/α-hetero) is 1. The molecule has 11 nitrogen and oxygen atoms in total. The van der Waals surface area contributed by atoms with Crippen LogP contribution in [0.2, 0.25) is 0 Å². The van der Waals surface area contributed by atoms with Crippen molar-refractivity contribution in [1.82, 2.24) is 10.2 Å². The van der Waals surface area contributed by atoms with E-state index in [4.69, 9.17) is 19.9 Å². The van der Waals surface area contributed by atoms with Crippen LogP contribution >= 0.6 is 23.1 Å². The minimum Gasteiger partial charge on any atom is -0.497 e. The molecule has 13 heteroatoms. The molecule has 44 heavy (non-hydrogen) atoms. The molecule has 3 N–H and O–H groups in total. The van der Waals surface area contributed by atoms with Crippen LogP contribution < -0.4 is 30.2 Å². The highest BCUT2D eigenvalue weighted by Gasteiger charge is 2.46. The van der Waals surface area contributed by atoms with Gasteiger partial charge in [0, 0.05) is 29.3 Å². The number of allylic oxidation sites excluding steroid dienone is 3. The zero-order valence-corrected chi connectivity index (χ0v) is 26.6. The largest absolute Gasteiger partial charge is 0.497 e. The van der Waals surface area contributed by atoms with Crippen molar-refractivity contribution in [3.8, 4) is 23.3 Å². The molecular weight excluding hydrogens is 601 g/mol. The highest BCUT2D eigenvalue weighted by molar-refractivity contribution is 8.01. The van der Waals surface area contributed by atoms with Crippen molar-refractivity contribution < 1.29 is 23.8 Å². The fourth-order valence-electron chi connectivity index (χ4n) is 5.52. The number of ketones is 1. The lowest BCUT2D eigenvalue weighted by Gasteiger charge is -2.42. The van der Waals surface area contributed by atoms with Gasteiger partial charge in [0.25, 0.3) is 0 Å². The molecule has 1 aliphatic carbocycles. The Bertz CT molecular complexity index is 1720. The predicted molar refractivity (Wildman–Crippen MR) is 169 cm³/mol. The van der Waals surface area contributed by atoms with Crippen LogP contribution in [0.4, 0.5) is 10.8 Å². The molecule has 0 saturated carbocycles. The number of methoxy groups -OCH3 is 3. The van der Waals surface area contributed by atoms with Crippen molar-refractivity contribution in [1.29, 1.82) is 5.26 Å². The van der Waals surface area contributed by atoms with Crippen LogP contribution in [0.5, 0.6) is 17.2 Å². The highest BCUT2D eigenvalue weighted by atomic mass is 32.2. The van der Waals surface area contributed by atoms with Crippen LogP contribution in [-0.4, -0.2) is 49.0 Å². The van der Waals surface area contributed by atoms with Gasteiger partial charge >= 0.3 is 0 Å². The molecular formula is C31H32N6O5S2. The average Bonchev–Trinajstić information content (AvgIpc) is 3.47. The van der Waals surface area contributed by atoms with Crippen LogP contribution in [0.25, 0.3) is 0 Å². The molecule has 1 atom stereocenters. The van der Waals surface area contributed by atoms with Gasteiger partial charge in [0.1, 0.15) is 23.1 Å². The number of thioether (sulfide) groups is 1. The zero-order valence-electron chi connectivity index (χ0n) is 25.0. The maximum absolute atomic E-state index is 13.8. The molecule has 2 aromatic carbocycles. The minimum absolute atomic E-state index is 0.0545. The third-order valence-corrected chi connectivity index (χ3v) is 9.47. The van der Waals surface area contributed by atoms with Crippen LogP contribution in [0.3, 0.4) is 0 Å². The number of aromatic nitrogens is 2. The topological polar surface area (TPSA) is 153 Å². The lowest BCUT2D eigenvalue weighted by Crippen LogP contribution is -2.42. The molecule has 1 amide bonds. The summed E-state index contributed by atoms with van der Waals surface area (Å²) >= 11 is 2.44. The van der Waals surface area contributed by atoms with Gasteiger partial charge in [0.05, 0.1) is 50.3 Å². The average molecular weight is 633 g/mol. The minimum atomic E-state index is -0.676. The first-order valence-electron chi connectivity index (χ1n) is 13.7. The summed E-state index contributed by atoms with van der Waals surface area (Å²) in [5.74, 6) is 0.886. The van der Waals surface area contributed by atoms with Gasteiger partial charge in [-0.25, -0.2) is 0 Å². The smallest absolute Gasteiger partial charge is 0.234 e.